The van der Waals surface area contributed by atoms with Crippen LogP contribution >= 0.6 is 0 Å². The molecule has 0 saturated carbocycles. The molecule has 0 radical (unpaired) electrons. The molecule has 3 aromatic rings. The van der Waals surface area contributed by atoms with E-state index >= 15 is 0 Å². The second kappa shape index (κ2) is 7.91. The first-order chi connectivity index (χ1) is 12.6. The first-order valence-electron chi connectivity index (χ1n) is 8.60. The zero-order valence-electron chi connectivity index (χ0n) is 14.9. The van der Waals surface area contributed by atoms with Crippen LogP contribution in [0.3, 0.4) is 0 Å². The van der Waals surface area contributed by atoms with Crippen LogP contribution in [-0.2, 0) is 6.42 Å². The van der Waals surface area contributed by atoms with E-state index in [9.17, 15) is 9.18 Å². The molecule has 0 atom stereocenters. The van der Waals surface area contributed by atoms with E-state index in [2.05, 4.69) is 10.1 Å². The van der Waals surface area contributed by atoms with Crippen molar-refractivity contribution in [3.63, 3.8) is 0 Å². The van der Waals surface area contributed by atoms with Crippen LogP contribution in [0, 0.1) is 12.7 Å². The number of benzene rings is 1. The molecule has 0 aliphatic rings. The van der Waals surface area contributed by atoms with Crippen LogP contribution in [0.4, 0.5) is 4.39 Å². The van der Waals surface area contributed by atoms with E-state index in [1.165, 1.54) is 10.7 Å². The van der Waals surface area contributed by atoms with Crippen molar-refractivity contribution in [2.24, 2.45) is 0 Å². The van der Waals surface area contributed by atoms with Crippen LogP contribution < -0.4 is 0 Å². The molecule has 5 nitrogen and oxygen atoms in total. The Hall–Kier alpha value is -3.02. The lowest BCUT2D eigenvalue weighted by atomic mass is 10.2. The molecule has 6 heteroatoms. The van der Waals surface area contributed by atoms with Gasteiger partial charge in [-0.3, -0.25) is 9.78 Å². The van der Waals surface area contributed by atoms with Crippen molar-refractivity contribution < 1.29 is 9.18 Å². The van der Waals surface area contributed by atoms with E-state index in [1.54, 1.807) is 41.6 Å². The summed E-state index contributed by atoms with van der Waals surface area (Å²) in [6.07, 6.45) is 4.23. The molecular formula is C20H21FN4O. The van der Waals surface area contributed by atoms with Crippen LogP contribution in [0.5, 0.6) is 0 Å². The van der Waals surface area contributed by atoms with Crippen molar-refractivity contribution in [2.75, 3.05) is 13.1 Å². The number of para-hydroxylation sites is 1. The average Bonchev–Trinajstić information content (AvgIpc) is 3.05. The lowest BCUT2D eigenvalue weighted by Gasteiger charge is -2.19. The predicted molar refractivity (Wildman–Crippen MR) is 97.8 cm³/mol. The Morgan fingerprint density at radius 1 is 1.19 bits per heavy atom. The summed E-state index contributed by atoms with van der Waals surface area (Å²) in [5.74, 6) is -0.525. The van der Waals surface area contributed by atoms with E-state index in [1.807, 2.05) is 26.0 Å². The van der Waals surface area contributed by atoms with E-state index in [0.29, 0.717) is 30.2 Å². The highest BCUT2D eigenvalue weighted by molar-refractivity contribution is 5.92. The third-order valence-electron chi connectivity index (χ3n) is 4.28. The monoisotopic (exact) mass is 352 g/mol. The summed E-state index contributed by atoms with van der Waals surface area (Å²) in [5, 5.41) is 4.34. The minimum Gasteiger partial charge on any atom is -0.337 e. The zero-order chi connectivity index (χ0) is 18.5. The summed E-state index contributed by atoms with van der Waals surface area (Å²) >= 11 is 0. The third kappa shape index (κ3) is 3.79. The van der Waals surface area contributed by atoms with Gasteiger partial charge in [0.1, 0.15) is 11.5 Å². The van der Waals surface area contributed by atoms with Crippen LogP contribution in [-0.4, -0.2) is 38.7 Å². The number of nitrogens with zero attached hydrogens (tertiary/aromatic N) is 4. The number of halogens is 1. The molecule has 0 aliphatic carbocycles. The van der Waals surface area contributed by atoms with Gasteiger partial charge in [0.2, 0.25) is 0 Å². The fraction of sp³-hybridized carbons (Fsp3) is 0.250. The van der Waals surface area contributed by atoms with Crippen LogP contribution in [0.15, 0.2) is 54.9 Å². The molecule has 1 aromatic carbocycles. The van der Waals surface area contributed by atoms with Gasteiger partial charge in [0, 0.05) is 31.2 Å². The maximum Gasteiger partial charge on any atom is 0.274 e. The van der Waals surface area contributed by atoms with Crippen molar-refractivity contribution in [2.45, 2.75) is 20.3 Å². The topological polar surface area (TPSA) is 51.0 Å². The number of hydrogen-bond donors (Lipinski definition) is 0. The first kappa shape index (κ1) is 17.8. The van der Waals surface area contributed by atoms with Crippen molar-refractivity contribution in [1.82, 2.24) is 19.7 Å². The maximum atomic E-state index is 14.0. The summed E-state index contributed by atoms with van der Waals surface area (Å²) < 4.78 is 15.5. The van der Waals surface area contributed by atoms with Gasteiger partial charge in [-0.05, 0) is 56.2 Å². The minimum atomic E-state index is -0.372. The summed E-state index contributed by atoms with van der Waals surface area (Å²) in [6.45, 7) is 4.91. The number of pyridine rings is 1. The summed E-state index contributed by atoms with van der Waals surface area (Å²) in [4.78, 5) is 18.6. The average molecular weight is 352 g/mol. The Bertz CT molecular complexity index is 892. The minimum absolute atomic E-state index is 0.153. The van der Waals surface area contributed by atoms with E-state index in [-0.39, 0.29) is 11.7 Å². The quantitative estimate of drug-likeness (QED) is 0.683. The van der Waals surface area contributed by atoms with Crippen LogP contribution in [0.25, 0.3) is 5.69 Å². The molecule has 26 heavy (non-hydrogen) atoms. The van der Waals surface area contributed by atoms with E-state index < -0.39 is 0 Å². The highest BCUT2D eigenvalue weighted by Crippen LogP contribution is 2.16. The molecule has 2 aromatic heterocycles. The van der Waals surface area contributed by atoms with Gasteiger partial charge in [0.15, 0.2) is 5.69 Å². The summed E-state index contributed by atoms with van der Waals surface area (Å²) in [7, 11) is 0. The molecule has 0 aliphatic heterocycles. The van der Waals surface area contributed by atoms with Gasteiger partial charge in [-0.1, -0.05) is 12.1 Å². The fourth-order valence-electron chi connectivity index (χ4n) is 2.83. The normalized spacial score (nSPS) is 10.7. The first-order valence-corrected chi connectivity index (χ1v) is 8.60. The number of carbonyl (C=O) groups is 1. The fourth-order valence-corrected chi connectivity index (χ4v) is 2.83. The molecule has 0 N–H and O–H groups in total. The van der Waals surface area contributed by atoms with Crippen LogP contribution in [0.2, 0.25) is 0 Å². The number of aryl methyl sites for hydroxylation is 1. The van der Waals surface area contributed by atoms with Crippen molar-refractivity contribution in [3.05, 3.63) is 77.6 Å². The number of carbonyl (C=O) groups excluding carboxylic acids is 1. The number of hydrogen-bond acceptors (Lipinski definition) is 3. The van der Waals surface area contributed by atoms with Gasteiger partial charge >= 0.3 is 0 Å². The molecule has 0 bridgehead atoms. The number of likely N-dealkylation sites (N-methyl/N-ethyl adjacent to an activating group) is 1. The smallest absolute Gasteiger partial charge is 0.274 e. The van der Waals surface area contributed by atoms with Gasteiger partial charge < -0.3 is 4.90 Å². The molecule has 0 unspecified atom stereocenters. The Kier molecular flexibility index (Phi) is 5.41. The molecule has 0 fully saturated rings. The molecule has 1 amide bonds. The Morgan fingerprint density at radius 3 is 2.62 bits per heavy atom. The van der Waals surface area contributed by atoms with Crippen LogP contribution in [0.1, 0.15) is 28.7 Å². The highest BCUT2D eigenvalue weighted by Gasteiger charge is 2.19. The lowest BCUT2D eigenvalue weighted by Crippen LogP contribution is -2.33. The van der Waals surface area contributed by atoms with Gasteiger partial charge in [0.05, 0.1) is 0 Å². The molecule has 0 saturated heterocycles. The largest absolute Gasteiger partial charge is 0.337 e. The Balaban J connectivity index is 1.78. The number of amides is 1. The van der Waals surface area contributed by atoms with Gasteiger partial charge in [-0.2, -0.15) is 5.10 Å². The van der Waals surface area contributed by atoms with Gasteiger partial charge in [-0.25, -0.2) is 9.07 Å². The van der Waals surface area contributed by atoms with Gasteiger partial charge in [0.25, 0.3) is 5.91 Å². The second-order valence-electron chi connectivity index (χ2n) is 6.02. The van der Waals surface area contributed by atoms with Crippen molar-refractivity contribution >= 4 is 5.91 Å². The third-order valence-corrected chi connectivity index (χ3v) is 4.28. The Morgan fingerprint density at radius 2 is 1.92 bits per heavy atom. The lowest BCUT2D eigenvalue weighted by molar-refractivity contribution is 0.0760. The van der Waals surface area contributed by atoms with Crippen molar-refractivity contribution in [1.29, 1.82) is 0 Å². The van der Waals surface area contributed by atoms with E-state index in [4.69, 9.17) is 0 Å². The second-order valence-corrected chi connectivity index (χ2v) is 6.02. The zero-order valence-corrected chi connectivity index (χ0v) is 14.9. The van der Waals surface area contributed by atoms with Gasteiger partial charge in [-0.15, -0.1) is 0 Å². The SMILES string of the molecule is CCN(CCc1ccncc1)C(=O)c1cc(C)n(-c2ccccc2F)n1. The maximum absolute atomic E-state index is 14.0. The molecule has 3 rings (SSSR count). The number of rotatable bonds is 6. The van der Waals surface area contributed by atoms with E-state index in [0.717, 1.165) is 12.0 Å². The Labute approximate surface area is 152 Å². The predicted octanol–water partition coefficient (Wildman–Crippen LogP) is 3.42. The standard InChI is InChI=1S/C20H21FN4O/c1-3-24(13-10-16-8-11-22-12-9-16)20(26)18-14-15(2)25(23-18)19-7-5-4-6-17(19)21/h4-9,11-12,14H,3,10,13H2,1-2H3. The summed E-state index contributed by atoms with van der Waals surface area (Å²) in [5.41, 5.74) is 2.49. The molecule has 2 heterocycles. The molecule has 0 spiro atoms. The highest BCUT2D eigenvalue weighted by atomic mass is 19.1. The summed E-state index contributed by atoms with van der Waals surface area (Å²) in [6, 6.07) is 12.0. The van der Waals surface area contributed by atoms with Crippen molar-refractivity contribution in [3.8, 4) is 5.69 Å². The molecular weight excluding hydrogens is 331 g/mol. The number of aromatic nitrogens is 3. The molecule has 134 valence electrons.